The van der Waals surface area contributed by atoms with E-state index in [2.05, 4.69) is 63.1 Å². The highest BCUT2D eigenvalue weighted by molar-refractivity contribution is 5.87. The average molecular weight is 727 g/mol. The van der Waals surface area contributed by atoms with Crippen LogP contribution in [0.2, 0.25) is 0 Å². The molecule has 3 atom stereocenters. The molecule has 0 aromatic heterocycles. The highest BCUT2D eigenvalue weighted by Crippen LogP contribution is 2.40. The van der Waals surface area contributed by atoms with E-state index in [1.807, 2.05) is 57.2 Å². The number of ether oxygens (including phenoxy) is 6. The van der Waals surface area contributed by atoms with Crippen LogP contribution in [0.5, 0.6) is 17.2 Å². The Morgan fingerprint density at radius 2 is 0.698 bits per heavy atom. The molecule has 0 bridgehead atoms. The highest BCUT2D eigenvalue weighted by Gasteiger charge is 2.31. The van der Waals surface area contributed by atoms with Gasteiger partial charge in [-0.25, -0.2) is 14.4 Å². The molecule has 0 aliphatic carbocycles. The van der Waals surface area contributed by atoms with Gasteiger partial charge in [0.25, 0.3) is 0 Å². The molecule has 0 saturated carbocycles. The molecule has 0 amide bonds. The third kappa shape index (κ3) is 13.0. The fraction of sp³-hybridized carbons (Fsp3) is 0.386. The Kier molecular flexibility index (Phi) is 15.9. The summed E-state index contributed by atoms with van der Waals surface area (Å²) >= 11 is 0. The topological polar surface area (TPSA) is 107 Å². The average Bonchev–Trinajstić information content (AvgIpc) is 3.15. The summed E-state index contributed by atoms with van der Waals surface area (Å²) in [5, 5.41) is 0. The summed E-state index contributed by atoms with van der Waals surface area (Å²) < 4.78 is 33.9. The lowest BCUT2D eigenvalue weighted by Gasteiger charge is -2.32. The lowest BCUT2D eigenvalue weighted by atomic mass is 9.71. The van der Waals surface area contributed by atoms with Crippen LogP contribution in [0.3, 0.4) is 0 Å². The second kappa shape index (κ2) is 20.1. The Morgan fingerprint density at radius 3 is 0.906 bits per heavy atom. The fourth-order valence-corrected chi connectivity index (χ4v) is 5.04. The third-order valence-corrected chi connectivity index (χ3v) is 8.44. The summed E-state index contributed by atoms with van der Waals surface area (Å²) in [5.41, 5.74) is 3.63. The van der Waals surface area contributed by atoms with Crippen molar-refractivity contribution in [3.05, 3.63) is 126 Å². The quantitative estimate of drug-likeness (QED) is 0.0463. The van der Waals surface area contributed by atoms with Gasteiger partial charge < -0.3 is 28.4 Å². The van der Waals surface area contributed by atoms with E-state index in [1.165, 1.54) is 0 Å². The summed E-state index contributed by atoms with van der Waals surface area (Å²) in [4.78, 5) is 35.3. The van der Waals surface area contributed by atoms with E-state index in [4.69, 9.17) is 28.4 Å². The lowest BCUT2D eigenvalue weighted by molar-refractivity contribution is -0.141. The second-order valence-electron chi connectivity index (χ2n) is 14.1. The van der Waals surface area contributed by atoms with Gasteiger partial charge in [0.1, 0.15) is 17.2 Å². The maximum Gasteiger partial charge on any atom is 0.333 e. The van der Waals surface area contributed by atoms with E-state index in [1.54, 1.807) is 20.8 Å². The number of hydrogen-bond donors (Lipinski definition) is 0. The van der Waals surface area contributed by atoms with Crippen molar-refractivity contribution in [3.63, 3.8) is 0 Å². The van der Waals surface area contributed by atoms with Crippen LogP contribution in [0.25, 0.3) is 0 Å². The van der Waals surface area contributed by atoms with Gasteiger partial charge in [0.15, 0.2) is 0 Å². The molecule has 0 radical (unpaired) electrons. The van der Waals surface area contributed by atoms with Crippen LogP contribution < -0.4 is 14.2 Å². The zero-order chi connectivity index (χ0) is 39.1. The molecule has 0 N–H and O–H groups in total. The minimum absolute atomic E-state index is 0.00611. The standard InChI is InChI=1S/C44H54O9/c1-29(2)41(45)51-26-32(7)23-48-38-17-11-35(12-18-38)44(10,36-13-19-39(20-14-36)49-24-33(8)27-52-42(46)30(3)4)37-15-21-40(22-16-37)50-25-34(9)28-53-43(47)31(5)6/h11-22,32-34H,1,3,5,23-28H2,2,4,6-10H3. The minimum Gasteiger partial charge on any atom is -0.493 e. The summed E-state index contributed by atoms with van der Waals surface area (Å²) in [7, 11) is 0. The number of carbonyl (C=O) groups is 3. The molecule has 3 unspecified atom stereocenters. The van der Waals surface area contributed by atoms with Crippen molar-refractivity contribution in [2.45, 2.75) is 53.9 Å². The third-order valence-electron chi connectivity index (χ3n) is 8.44. The smallest absolute Gasteiger partial charge is 0.333 e. The van der Waals surface area contributed by atoms with Crippen LogP contribution in [0.1, 0.15) is 65.2 Å². The minimum atomic E-state index is -0.576. The molecule has 53 heavy (non-hydrogen) atoms. The van der Waals surface area contributed by atoms with Crippen molar-refractivity contribution in [2.24, 2.45) is 17.8 Å². The van der Waals surface area contributed by atoms with E-state index in [9.17, 15) is 14.4 Å². The number of hydrogen-bond acceptors (Lipinski definition) is 9. The van der Waals surface area contributed by atoms with Gasteiger partial charge in [0.05, 0.1) is 39.6 Å². The van der Waals surface area contributed by atoms with Crippen LogP contribution in [-0.2, 0) is 34.0 Å². The van der Waals surface area contributed by atoms with Crippen molar-refractivity contribution in [1.82, 2.24) is 0 Å². The van der Waals surface area contributed by atoms with E-state index >= 15 is 0 Å². The maximum absolute atomic E-state index is 11.8. The van der Waals surface area contributed by atoms with Gasteiger partial charge in [-0.1, -0.05) is 76.9 Å². The van der Waals surface area contributed by atoms with E-state index in [0.29, 0.717) is 53.8 Å². The summed E-state index contributed by atoms with van der Waals surface area (Å²) in [6.07, 6.45) is 0. The largest absolute Gasteiger partial charge is 0.493 e. The molecule has 0 saturated heterocycles. The predicted octanol–water partition coefficient (Wildman–Crippen LogP) is 8.44. The SMILES string of the molecule is C=C(C)C(=O)OCC(C)COc1ccc(C(C)(c2ccc(OCC(C)COC(=O)C(=C)C)cc2)c2ccc(OCC(C)COC(=O)C(=C)C)cc2)cc1. The summed E-state index contributed by atoms with van der Waals surface area (Å²) in [6.45, 7) is 25.6. The Bertz CT molecular complexity index is 1500. The molecule has 3 aromatic carbocycles. The number of rotatable bonds is 21. The molecule has 3 rings (SSSR count). The Labute approximate surface area is 314 Å². The second-order valence-corrected chi connectivity index (χ2v) is 14.1. The predicted molar refractivity (Wildman–Crippen MR) is 206 cm³/mol. The number of benzene rings is 3. The van der Waals surface area contributed by atoms with Gasteiger partial charge in [-0.05, 0) is 80.8 Å². The fourth-order valence-electron chi connectivity index (χ4n) is 5.04. The molecule has 9 heteroatoms. The van der Waals surface area contributed by atoms with Crippen LogP contribution in [0.15, 0.2) is 109 Å². The molecule has 0 fully saturated rings. The van der Waals surface area contributed by atoms with Crippen LogP contribution >= 0.6 is 0 Å². The van der Waals surface area contributed by atoms with Gasteiger partial charge >= 0.3 is 17.9 Å². The van der Waals surface area contributed by atoms with E-state index in [-0.39, 0.29) is 37.6 Å². The van der Waals surface area contributed by atoms with Crippen LogP contribution in [0.4, 0.5) is 0 Å². The maximum atomic E-state index is 11.8. The lowest BCUT2D eigenvalue weighted by Crippen LogP contribution is -2.25. The van der Waals surface area contributed by atoms with Gasteiger partial charge in [-0.15, -0.1) is 0 Å². The van der Waals surface area contributed by atoms with Gasteiger partial charge in [0, 0.05) is 39.9 Å². The van der Waals surface area contributed by atoms with Crippen LogP contribution in [0, 0.1) is 17.8 Å². The number of carbonyl (C=O) groups excluding carboxylic acids is 3. The van der Waals surface area contributed by atoms with E-state index in [0.717, 1.165) is 16.7 Å². The molecular weight excluding hydrogens is 672 g/mol. The summed E-state index contributed by atoms with van der Waals surface area (Å²) in [6, 6.07) is 24.0. The first-order chi connectivity index (χ1) is 25.1. The Balaban J connectivity index is 1.78. The first-order valence-electron chi connectivity index (χ1n) is 17.8. The Hall–Kier alpha value is -5.31. The van der Waals surface area contributed by atoms with Gasteiger partial charge in [0.2, 0.25) is 0 Å². The first kappa shape index (κ1) is 42.1. The van der Waals surface area contributed by atoms with Crippen molar-refractivity contribution in [3.8, 4) is 17.2 Å². The molecule has 284 valence electrons. The van der Waals surface area contributed by atoms with Crippen molar-refractivity contribution in [1.29, 1.82) is 0 Å². The summed E-state index contributed by atoms with van der Waals surface area (Å²) in [5.74, 6) is 0.856. The normalized spacial score (nSPS) is 13.6. The Morgan fingerprint density at radius 1 is 0.472 bits per heavy atom. The molecule has 0 aliphatic heterocycles. The van der Waals surface area contributed by atoms with Crippen molar-refractivity contribution < 1.29 is 42.8 Å². The zero-order valence-corrected chi connectivity index (χ0v) is 32.2. The van der Waals surface area contributed by atoms with E-state index < -0.39 is 23.3 Å². The van der Waals surface area contributed by atoms with Crippen molar-refractivity contribution >= 4 is 17.9 Å². The molecule has 0 heterocycles. The monoisotopic (exact) mass is 726 g/mol. The molecule has 0 aliphatic rings. The van der Waals surface area contributed by atoms with Gasteiger partial charge in [-0.3, -0.25) is 0 Å². The molecular formula is C44H54O9. The molecule has 9 nitrogen and oxygen atoms in total. The van der Waals surface area contributed by atoms with Gasteiger partial charge in [-0.2, -0.15) is 0 Å². The zero-order valence-electron chi connectivity index (χ0n) is 32.2. The highest BCUT2D eigenvalue weighted by atomic mass is 16.5. The number of esters is 3. The van der Waals surface area contributed by atoms with Crippen molar-refractivity contribution in [2.75, 3.05) is 39.6 Å². The van der Waals surface area contributed by atoms with Crippen LogP contribution in [-0.4, -0.2) is 57.5 Å². The first-order valence-corrected chi connectivity index (χ1v) is 17.8. The molecule has 0 spiro atoms. The molecule has 3 aromatic rings.